The molecule has 0 aliphatic heterocycles. The summed E-state index contributed by atoms with van der Waals surface area (Å²) in [7, 11) is 3.44. The fourth-order valence-electron chi connectivity index (χ4n) is 3.17. The van der Waals surface area contributed by atoms with Gasteiger partial charge in [0.15, 0.2) is 11.2 Å². The number of benzene rings is 2. The Morgan fingerprint density at radius 2 is 1.93 bits per heavy atom. The van der Waals surface area contributed by atoms with Crippen LogP contribution in [-0.4, -0.2) is 22.6 Å². The predicted molar refractivity (Wildman–Crippen MR) is 108 cm³/mol. The van der Waals surface area contributed by atoms with Gasteiger partial charge < -0.3 is 19.0 Å². The van der Waals surface area contributed by atoms with Gasteiger partial charge in [-0.1, -0.05) is 24.3 Å². The zero-order valence-corrected chi connectivity index (χ0v) is 16.0. The van der Waals surface area contributed by atoms with Crippen molar-refractivity contribution in [2.75, 3.05) is 7.11 Å². The quantitative estimate of drug-likeness (QED) is 0.567. The molecule has 4 rings (SSSR count). The van der Waals surface area contributed by atoms with Crippen LogP contribution < -0.4 is 15.5 Å². The maximum Gasteiger partial charge on any atom is 0.288 e. The molecule has 146 valence electrons. The van der Waals surface area contributed by atoms with Crippen molar-refractivity contribution in [1.29, 1.82) is 0 Å². The van der Waals surface area contributed by atoms with Crippen LogP contribution in [0.3, 0.4) is 0 Å². The molecule has 1 atom stereocenters. The molecular formula is C22H19N3O4. The number of aryl methyl sites for hydroxylation is 1. The number of fused-ring (bicyclic) bond motifs is 1. The maximum absolute atomic E-state index is 12.9. The Morgan fingerprint density at radius 3 is 2.62 bits per heavy atom. The van der Waals surface area contributed by atoms with Crippen LogP contribution in [0.15, 0.2) is 76.2 Å². The van der Waals surface area contributed by atoms with E-state index in [0.717, 1.165) is 5.56 Å². The lowest BCUT2D eigenvalue weighted by Crippen LogP contribution is -2.31. The first-order chi connectivity index (χ1) is 14.1. The van der Waals surface area contributed by atoms with Gasteiger partial charge in [0.1, 0.15) is 23.2 Å². The highest BCUT2D eigenvalue weighted by Gasteiger charge is 2.23. The summed E-state index contributed by atoms with van der Waals surface area (Å²) in [5, 5.41) is 3.36. The van der Waals surface area contributed by atoms with Gasteiger partial charge in [0.05, 0.1) is 12.5 Å². The van der Waals surface area contributed by atoms with Gasteiger partial charge >= 0.3 is 0 Å². The number of carbonyl (C=O) groups excluding carboxylic acids is 1. The molecule has 0 saturated carbocycles. The molecule has 7 heteroatoms. The topological polar surface area (TPSA) is 86.4 Å². The van der Waals surface area contributed by atoms with E-state index in [1.165, 1.54) is 6.07 Å². The number of para-hydroxylation sites is 1. The van der Waals surface area contributed by atoms with Crippen LogP contribution in [-0.2, 0) is 7.05 Å². The molecule has 1 unspecified atom stereocenters. The van der Waals surface area contributed by atoms with Gasteiger partial charge in [0, 0.05) is 25.5 Å². The van der Waals surface area contributed by atoms with E-state index < -0.39 is 11.9 Å². The van der Waals surface area contributed by atoms with E-state index >= 15 is 0 Å². The van der Waals surface area contributed by atoms with Gasteiger partial charge in [-0.05, 0) is 29.8 Å². The number of carbonyl (C=O) groups is 1. The number of aromatic nitrogens is 2. The molecule has 0 radical (unpaired) electrons. The van der Waals surface area contributed by atoms with Gasteiger partial charge in [-0.2, -0.15) is 0 Å². The molecule has 1 amide bonds. The fraction of sp³-hybridized carbons (Fsp3) is 0.136. The summed E-state index contributed by atoms with van der Waals surface area (Å²) in [4.78, 5) is 29.7. The number of hydrogen-bond acceptors (Lipinski definition) is 5. The van der Waals surface area contributed by atoms with E-state index in [1.807, 2.05) is 35.9 Å². The van der Waals surface area contributed by atoms with Crippen molar-refractivity contribution in [3.05, 3.63) is 94.4 Å². The highest BCUT2D eigenvalue weighted by atomic mass is 16.5. The first-order valence-electron chi connectivity index (χ1n) is 9.02. The van der Waals surface area contributed by atoms with E-state index in [4.69, 9.17) is 9.15 Å². The van der Waals surface area contributed by atoms with E-state index in [0.29, 0.717) is 22.5 Å². The second kappa shape index (κ2) is 7.63. The number of amides is 1. The van der Waals surface area contributed by atoms with Crippen LogP contribution in [0, 0.1) is 0 Å². The van der Waals surface area contributed by atoms with Gasteiger partial charge in [0.25, 0.3) is 5.91 Å². The Labute approximate surface area is 166 Å². The Morgan fingerprint density at radius 1 is 1.17 bits per heavy atom. The average Bonchev–Trinajstić information content (AvgIpc) is 3.17. The Bertz CT molecular complexity index is 1220. The number of methoxy groups -OCH3 is 1. The number of nitrogens with zero attached hydrogens (tertiary/aromatic N) is 2. The first-order valence-corrected chi connectivity index (χ1v) is 9.02. The van der Waals surface area contributed by atoms with Crippen molar-refractivity contribution < 1.29 is 13.9 Å². The molecule has 0 aliphatic carbocycles. The SMILES string of the molecule is COc1ccc(C(NC(=O)c2cc(=O)c3ccccc3o2)c2nccn2C)cc1. The normalized spacial score (nSPS) is 11.9. The monoisotopic (exact) mass is 389 g/mol. The van der Waals surface area contributed by atoms with Crippen molar-refractivity contribution in [3.8, 4) is 5.75 Å². The fourth-order valence-corrected chi connectivity index (χ4v) is 3.17. The van der Waals surface area contributed by atoms with Crippen LogP contribution in [0.4, 0.5) is 0 Å². The number of imidazole rings is 1. The molecule has 4 aromatic rings. The number of ether oxygens (including phenoxy) is 1. The third-order valence-electron chi connectivity index (χ3n) is 4.70. The Hall–Kier alpha value is -3.87. The first kappa shape index (κ1) is 18.5. The number of nitrogens with one attached hydrogen (secondary N) is 1. The third-order valence-corrected chi connectivity index (χ3v) is 4.70. The zero-order valence-electron chi connectivity index (χ0n) is 16.0. The number of hydrogen-bond donors (Lipinski definition) is 1. The van der Waals surface area contributed by atoms with Gasteiger partial charge in [0.2, 0.25) is 0 Å². The summed E-state index contributed by atoms with van der Waals surface area (Å²) < 4.78 is 12.7. The minimum atomic E-state index is -0.537. The molecule has 0 bridgehead atoms. The van der Waals surface area contributed by atoms with E-state index in [1.54, 1.807) is 43.8 Å². The highest BCUT2D eigenvalue weighted by Crippen LogP contribution is 2.23. The predicted octanol–water partition coefficient (Wildman–Crippen LogP) is 3.05. The third kappa shape index (κ3) is 3.62. The molecule has 0 aliphatic rings. The molecule has 2 heterocycles. The van der Waals surface area contributed by atoms with Crippen LogP contribution in [0.5, 0.6) is 5.75 Å². The summed E-state index contributed by atoms with van der Waals surface area (Å²) in [6, 6.07) is 14.8. The lowest BCUT2D eigenvalue weighted by atomic mass is 10.1. The van der Waals surface area contributed by atoms with Crippen molar-refractivity contribution >= 4 is 16.9 Å². The summed E-state index contributed by atoms with van der Waals surface area (Å²) >= 11 is 0. The molecule has 7 nitrogen and oxygen atoms in total. The van der Waals surface area contributed by atoms with Crippen LogP contribution in [0.1, 0.15) is 28.0 Å². The molecule has 2 aromatic carbocycles. The molecule has 0 spiro atoms. The lowest BCUT2D eigenvalue weighted by Gasteiger charge is -2.19. The molecule has 0 saturated heterocycles. The standard InChI is InChI=1S/C22H19N3O4/c1-25-12-11-23-21(25)20(14-7-9-15(28-2)10-8-14)24-22(27)19-13-17(26)16-5-3-4-6-18(16)29-19/h3-13,20H,1-2H3,(H,24,27). The second-order valence-electron chi connectivity index (χ2n) is 6.55. The van der Waals surface area contributed by atoms with E-state index in [2.05, 4.69) is 10.3 Å². The van der Waals surface area contributed by atoms with E-state index in [9.17, 15) is 9.59 Å². The summed E-state index contributed by atoms with van der Waals surface area (Å²) in [6.07, 6.45) is 3.46. The van der Waals surface area contributed by atoms with Gasteiger partial charge in [-0.25, -0.2) is 4.98 Å². The van der Waals surface area contributed by atoms with Crippen molar-refractivity contribution in [2.45, 2.75) is 6.04 Å². The maximum atomic E-state index is 12.9. The average molecular weight is 389 g/mol. The van der Waals surface area contributed by atoms with Crippen LogP contribution in [0.25, 0.3) is 11.0 Å². The summed E-state index contributed by atoms with van der Waals surface area (Å²) in [5.74, 6) is 0.795. The van der Waals surface area contributed by atoms with Crippen molar-refractivity contribution in [1.82, 2.24) is 14.9 Å². The second-order valence-corrected chi connectivity index (χ2v) is 6.55. The van der Waals surface area contributed by atoms with Crippen molar-refractivity contribution in [2.24, 2.45) is 7.05 Å². The summed E-state index contributed by atoms with van der Waals surface area (Å²) in [6.45, 7) is 0. The van der Waals surface area contributed by atoms with Crippen molar-refractivity contribution in [3.63, 3.8) is 0 Å². The smallest absolute Gasteiger partial charge is 0.288 e. The van der Waals surface area contributed by atoms with Crippen LogP contribution in [0.2, 0.25) is 0 Å². The molecule has 0 fully saturated rings. The zero-order chi connectivity index (χ0) is 20.4. The largest absolute Gasteiger partial charge is 0.497 e. The highest BCUT2D eigenvalue weighted by molar-refractivity contribution is 5.93. The van der Waals surface area contributed by atoms with E-state index in [-0.39, 0.29) is 11.2 Å². The Kier molecular flexibility index (Phi) is 4.87. The summed E-state index contributed by atoms with van der Waals surface area (Å²) in [5.41, 5.74) is 0.912. The molecular weight excluding hydrogens is 370 g/mol. The minimum absolute atomic E-state index is 0.0542. The lowest BCUT2D eigenvalue weighted by molar-refractivity contribution is 0.0913. The Balaban J connectivity index is 1.71. The molecule has 2 aromatic heterocycles. The van der Waals surface area contributed by atoms with Gasteiger partial charge in [-0.15, -0.1) is 0 Å². The molecule has 29 heavy (non-hydrogen) atoms. The number of rotatable bonds is 5. The van der Waals surface area contributed by atoms with Gasteiger partial charge in [-0.3, -0.25) is 9.59 Å². The van der Waals surface area contributed by atoms with Crippen LogP contribution >= 0.6 is 0 Å². The minimum Gasteiger partial charge on any atom is -0.497 e. The molecule has 1 N–H and O–H groups in total.